The Hall–Kier alpha value is -1.99. The Morgan fingerprint density at radius 2 is 1.93 bits per heavy atom. The van der Waals surface area contributed by atoms with Crippen LogP contribution in [0.4, 0.5) is 5.82 Å². The second kappa shape index (κ2) is 8.63. The number of hydrogen-bond donors (Lipinski definition) is 0. The van der Waals surface area contributed by atoms with Gasteiger partial charge in [0, 0.05) is 37.5 Å². The van der Waals surface area contributed by atoms with Crippen molar-refractivity contribution in [1.29, 1.82) is 0 Å². The summed E-state index contributed by atoms with van der Waals surface area (Å²) in [7, 11) is 0. The summed E-state index contributed by atoms with van der Waals surface area (Å²) >= 11 is 3.42. The van der Waals surface area contributed by atoms with Crippen LogP contribution in [-0.2, 0) is 19.3 Å². The minimum absolute atomic E-state index is 0.161. The molecule has 1 fully saturated rings. The molecule has 0 saturated carbocycles. The lowest BCUT2D eigenvalue weighted by Crippen LogP contribution is -2.49. The fourth-order valence-electron chi connectivity index (χ4n) is 4.60. The smallest absolute Gasteiger partial charge is 0.264 e. The number of aryl methyl sites for hydroxylation is 3. The molecule has 1 aliphatic heterocycles. The van der Waals surface area contributed by atoms with Crippen molar-refractivity contribution in [2.24, 2.45) is 0 Å². The van der Waals surface area contributed by atoms with Crippen LogP contribution in [0.5, 0.6) is 0 Å². The molecule has 0 spiro atoms. The number of anilines is 1. The van der Waals surface area contributed by atoms with Gasteiger partial charge in [-0.1, -0.05) is 19.4 Å². The monoisotopic (exact) mass is 440 g/mol. The first-order chi connectivity index (χ1) is 14.7. The third-order valence-electron chi connectivity index (χ3n) is 6.16. The number of nitrogens with zero attached hydrogens (tertiary/aromatic N) is 4. The molecular weight excluding hydrogens is 412 g/mol. The van der Waals surface area contributed by atoms with Crippen LogP contribution in [0.2, 0.25) is 0 Å². The van der Waals surface area contributed by atoms with E-state index in [0.29, 0.717) is 0 Å². The molecule has 3 aromatic rings. The van der Waals surface area contributed by atoms with E-state index >= 15 is 0 Å². The van der Waals surface area contributed by atoms with E-state index in [0.717, 1.165) is 62.0 Å². The topological polar surface area (TPSA) is 49.3 Å². The van der Waals surface area contributed by atoms with Crippen molar-refractivity contribution in [3.63, 3.8) is 0 Å². The zero-order valence-corrected chi connectivity index (χ0v) is 19.2. The third-order valence-corrected chi connectivity index (χ3v) is 8.21. The molecule has 5 nitrogen and oxygen atoms in total. The van der Waals surface area contributed by atoms with Crippen molar-refractivity contribution < 1.29 is 4.79 Å². The number of carbonyl (C=O) groups excluding carboxylic acids is 1. The Bertz CT molecular complexity index is 1040. The van der Waals surface area contributed by atoms with Gasteiger partial charge in [-0.3, -0.25) is 4.79 Å². The number of carbonyl (C=O) groups is 1. The van der Waals surface area contributed by atoms with E-state index in [-0.39, 0.29) is 5.91 Å². The number of piperazine rings is 1. The Kier molecular flexibility index (Phi) is 5.74. The van der Waals surface area contributed by atoms with Crippen LogP contribution >= 0.6 is 22.7 Å². The summed E-state index contributed by atoms with van der Waals surface area (Å²) in [6.45, 7) is 5.35. The van der Waals surface area contributed by atoms with Gasteiger partial charge < -0.3 is 9.80 Å². The van der Waals surface area contributed by atoms with Gasteiger partial charge in [-0.25, -0.2) is 9.97 Å². The molecule has 1 saturated heterocycles. The molecule has 7 heteroatoms. The van der Waals surface area contributed by atoms with E-state index in [1.807, 2.05) is 33.7 Å². The molecule has 3 aromatic heterocycles. The van der Waals surface area contributed by atoms with E-state index < -0.39 is 0 Å². The molecule has 0 unspecified atom stereocenters. The number of amides is 1. The summed E-state index contributed by atoms with van der Waals surface area (Å²) in [4.78, 5) is 30.7. The predicted octanol–water partition coefficient (Wildman–Crippen LogP) is 4.94. The standard InChI is InChI=1S/C23H28N4OS2/c1-2-7-19-24-21(20-16-8-4-3-5-9-17(16)30-22(20)25-19)26-11-13-27(14-12-26)23(28)18-10-6-15-29-18/h6,10,15H,2-5,7-9,11-14H2,1H3. The highest BCUT2D eigenvalue weighted by atomic mass is 32.1. The number of thiophene rings is 2. The van der Waals surface area contributed by atoms with E-state index in [4.69, 9.17) is 9.97 Å². The molecule has 0 atom stereocenters. The Labute approximate surface area is 185 Å². The SMILES string of the molecule is CCCc1nc(N2CCN(C(=O)c3cccs3)CC2)c2c3c(sc2n1)CCCCC3. The molecular formula is C23H28N4OS2. The molecule has 0 aromatic carbocycles. The lowest BCUT2D eigenvalue weighted by Gasteiger charge is -2.35. The average Bonchev–Trinajstić information content (AvgIpc) is 3.36. The van der Waals surface area contributed by atoms with E-state index in [1.165, 1.54) is 57.7 Å². The molecule has 5 rings (SSSR count). The largest absolute Gasteiger partial charge is 0.352 e. The average molecular weight is 441 g/mol. The molecule has 0 N–H and O–H groups in total. The Morgan fingerprint density at radius 1 is 1.10 bits per heavy atom. The fourth-order valence-corrected chi connectivity index (χ4v) is 6.57. The maximum Gasteiger partial charge on any atom is 0.264 e. The molecule has 2 aliphatic rings. The molecule has 30 heavy (non-hydrogen) atoms. The van der Waals surface area contributed by atoms with Crippen LogP contribution < -0.4 is 4.90 Å². The van der Waals surface area contributed by atoms with Crippen molar-refractivity contribution in [1.82, 2.24) is 14.9 Å². The van der Waals surface area contributed by atoms with Gasteiger partial charge in [-0.15, -0.1) is 22.7 Å². The predicted molar refractivity (Wildman–Crippen MR) is 125 cm³/mol. The highest BCUT2D eigenvalue weighted by Gasteiger charge is 2.27. The van der Waals surface area contributed by atoms with Gasteiger partial charge >= 0.3 is 0 Å². The highest BCUT2D eigenvalue weighted by Crippen LogP contribution is 2.39. The van der Waals surface area contributed by atoms with Crippen LogP contribution in [0.1, 0.15) is 58.5 Å². The van der Waals surface area contributed by atoms with Crippen LogP contribution in [0.3, 0.4) is 0 Å². The normalized spacial score (nSPS) is 17.2. The van der Waals surface area contributed by atoms with Gasteiger partial charge in [0.15, 0.2) is 0 Å². The van der Waals surface area contributed by atoms with E-state index in [2.05, 4.69) is 11.8 Å². The zero-order valence-electron chi connectivity index (χ0n) is 17.5. The molecule has 0 bridgehead atoms. The second-order valence-electron chi connectivity index (χ2n) is 8.21. The van der Waals surface area contributed by atoms with Gasteiger partial charge in [-0.05, 0) is 49.1 Å². The van der Waals surface area contributed by atoms with Crippen molar-refractivity contribution >= 4 is 44.6 Å². The number of fused-ring (bicyclic) bond motifs is 3. The zero-order chi connectivity index (χ0) is 20.5. The van der Waals surface area contributed by atoms with Crippen LogP contribution in [0.15, 0.2) is 17.5 Å². The summed E-state index contributed by atoms with van der Waals surface area (Å²) in [5, 5.41) is 3.27. The maximum absolute atomic E-state index is 12.7. The van der Waals surface area contributed by atoms with E-state index in [1.54, 1.807) is 0 Å². The fraction of sp³-hybridized carbons (Fsp3) is 0.522. The minimum Gasteiger partial charge on any atom is -0.352 e. The first-order valence-corrected chi connectivity index (χ1v) is 12.8. The minimum atomic E-state index is 0.161. The number of rotatable bonds is 4. The molecule has 4 heterocycles. The van der Waals surface area contributed by atoms with Gasteiger partial charge in [0.05, 0.1) is 10.3 Å². The van der Waals surface area contributed by atoms with Crippen molar-refractivity contribution in [2.75, 3.05) is 31.1 Å². The van der Waals surface area contributed by atoms with Crippen LogP contribution in [0, 0.1) is 0 Å². The summed E-state index contributed by atoms with van der Waals surface area (Å²) in [6.07, 6.45) is 8.17. The van der Waals surface area contributed by atoms with Crippen molar-refractivity contribution in [3.8, 4) is 0 Å². The summed E-state index contributed by atoms with van der Waals surface area (Å²) in [5.74, 6) is 2.24. The van der Waals surface area contributed by atoms with Gasteiger partial charge in [0.1, 0.15) is 16.5 Å². The van der Waals surface area contributed by atoms with Gasteiger partial charge in [-0.2, -0.15) is 0 Å². The van der Waals surface area contributed by atoms with Gasteiger partial charge in [0.25, 0.3) is 5.91 Å². The summed E-state index contributed by atoms with van der Waals surface area (Å²) in [5.41, 5.74) is 1.50. The molecule has 1 aliphatic carbocycles. The molecule has 158 valence electrons. The Balaban J connectivity index is 1.46. The van der Waals surface area contributed by atoms with Gasteiger partial charge in [0.2, 0.25) is 0 Å². The summed E-state index contributed by atoms with van der Waals surface area (Å²) in [6, 6.07) is 3.87. The number of aromatic nitrogens is 2. The van der Waals surface area contributed by atoms with Crippen LogP contribution in [-0.4, -0.2) is 47.0 Å². The Morgan fingerprint density at radius 3 is 2.70 bits per heavy atom. The lowest BCUT2D eigenvalue weighted by molar-refractivity contribution is 0.0751. The summed E-state index contributed by atoms with van der Waals surface area (Å²) < 4.78 is 0. The number of hydrogen-bond acceptors (Lipinski definition) is 6. The van der Waals surface area contributed by atoms with Crippen molar-refractivity contribution in [2.45, 2.75) is 51.9 Å². The quantitative estimate of drug-likeness (QED) is 0.540. The van der Waals surface area contributed by atoms with Crippen LogP contribution in [0.25, 0.3) is 10.2 Å². The first kappa shape index (κ1) is 19.9. The van der Waals surface area contributed by atoms with Crippen molar-refractivity contribution in [3.05, 3.63) is 38.7 Å². The lowest BCUT2D eigenvalue weighted by atomic mass is 10.1. The maximum atomic E-state index is 12.7. The molecule has 1 amide bonds. The second-order valence-corrected chi connectivity index (χ2v) is 10.2. The third kappa shape index (κ3) is 3.73. The molecule has 0 radical (unpaired) electrons. The van der Waals surface area contributed by atoms with E-state index in [9.17, 15) is 4.79 Å². The highest BCUT2D eigenvalue weighted by molar-refractivity contribution is 7.19. The first-order valence-electron chi connectivity index (χ1n) is 11.1.